The van der Waals surface area contributed by atoms with Crippen LogP contribution in [-0.4, -0.2) is 75.4 Å². The van der Waals surface area contributed by atoms with Crippen LogP contribution < -0.4 is 10.0 Å². The van der Waals surface area contributed by atoms with Gasteiger partial charge in [-0.05, 0) is 57.3 Å². The van der Waals surface area contributed by atoms with Gasteiger partial charge in [-0.2, -0.15) is 0 Å². The van der Waals surface area contributed by atoms with E-state index >= 15 is 0 Å². The van der Waals surface area contributed by atoms with Crippen molar-refractivity contribution in [2.45, 2.75) is 68.1 Å². The van der Waals surface area contributed by atoms with Crippen molar-refractivity contribution < 1.29 is 23.1 Å². The lowest BCUT2D eigenvalue weighted by atomic mass is 9.97. The Morgan fingerprint density at radius 3 is 2.58 bits per heavy atom. The minimum atomic E-state index is -3.54. The Kier molecular flexibility index (Phi) is 9.28. The van der Waals surface area contributed by atoms with E-state index < -0.39 is 16.1 Å². The molecule has 3 N–H and O–H groups in total. The summed E-state index contributed by atoms with van der Waals surface area (Å²) in [5.41, 5.74) is 0. The monoisotopic (exact) mass is 453 g/mol. The van der Waals surface area contributed by atoms with E-state index in [9.17, 15) is 18.3 Å². The first-order chi connectivity index (χ1) is 15.0. The molecule has 0 unspecified atom stereocenters. The van der Waals surface area contributed by atoms with E-state index in [0.717, 1.165) is 19.6 Å². The number of benzene rings is 1. The second kappa shape index (κ2) is 11.9. The molecule has 3 atom stereocenters. The third kappa shape index (κ3) is 7.54. The zero-order chi connectivity index (χ0) is 22.1. The molecule has 2 fully saturated rings. The van der Waals surface area contributed by atoms with E-state index in [0.29, 0.717) is 25.7 Å². The van der Waals surface area contributed by atoms with Crippen LogP contribution in [0.25, 0.3) is 0 Å². The lowest BCUT2D eigenvalue weighted by Crippen LogP contribution is -2.51. The summed E-state index contributed by atoms with van der Waals surface area (Å²) in [7, 11) is -3.54. The first kappa shape index (κ1) is 24.1. The van der Waals surface area contributed by atoms with Crippen LogP contribution in [0, 0.1) is 0 Å². The molecular formula is C22H35N3O5S. The molecule has 2 aliphatic rings. The maximum Gasteiger partial charge on any atom is 0.240 e. The van der Waals surface area contributed by atoms with Crippen LogP contribution in [0.5, 0.6) is 0 Å². The highest BCUT2D eigenvalue weighted by Gasteiger charge is 2.32. The number of amides is 1. The highest BCUT2D eigenvalue weighted by Crippen LogP contribution is 2.22. The summed E-state index contributed by atoms with van der Waals surface area (Å²) in [6.07, 6.45) is 5.44. The van der Waals surface area contributed by atoms with E-state index in [1.165, 1.54) is 19.3 Å². The van der Waals surface area contributed by atoms with Crippen LogP contribution >= 0.6 is 0 Å². The van der Waals surface area contributed by atoms with Crippen molar-refractivity contribution in [2.24, 2.45) is 0 Å². The number of rotatable bonds is 10. The van der Waals surface area contributed by atoms with Gasteiger partial charge >= 0.3 is 0 Å². The zero-order valence-electron chi connectivity index (χ0n) is 18.0. The Bertz CT molecular complexity index is 784. The summed E-state index contributed by atoms with van der Waals surface area (Å²) in [5, 5.41) is 12.8. The lowest BCUT2D eigenvalue weighted by molar-refractivity contribution is -0.128. The minimum Gasteiger partial charge on any atom is -0.394 e. The van der Waals surface area contributed by atoms with Crippen molar-refractivity contribution in [3.63, 3.8) is 0 Å². The van der Waals surface area contributed by atoms with Crippen LogP contribution in [0.1, 0.15) is 44.9 Å². The first-order valence-electron chi connectivity index (χ1n) is 11.3. The fourth-order valence-electron chi connectivity index (χ4n) is 4.27. The Morgan fingerprint density at radius 2 is 1.87 bits per heavy atom. The number of aliphatic hydroxyl groups is 1. The predicted molar refractivity (Wildman–Crippen MR) is 118 cm³/mol. The number of nitrogens with zero attached hydrogens (tertiary/aromatic N) is 1. The first-order valence-corrected chi connectivity index (χ1v) is 12.8. The normalized spacial score (nSPS) is 25.3. The molecule has 0 spiro atoms. The van der Waals surface area contributed by atoms with Crippen molar-refractivity contribution in [1.82, 2.24) is 14.9 Å². The molecule has 0 radical (unpaired) electrons. The molecule has 2 saturated heterocycles. The maximum absolute atomic E-state index is 12.4. The van der Waals surface area contributed by atoms with E-state index in [2.05, 4.69) is 14.9 Å². The van der Waals surface area contributed by atoms with Gasteiger partial charge in [0.15, 0.2) is 0 Å². The van der Waals surface area contributed by atoms with E-state index in [1.807, 2.05) is 0 Å². The molecule has 2 heterocycles. The van der Waals surface area contributed by atoms with Crippen LogP contribution in [0.3, 0.4) is 0 Å². The number of piperidine rings is 1. The fraction of sp³-hybridized carbons (Fsp3) is 0.682. The summed E-state index contributed by atoms with van der Waals surface area (Å²) in [4.78, 5) is 14.9. The third-order valence-corrected chi connectivity index (χ3v) is 7.53. The molecule has 3 rings (SSSR count). The van der Waals surface area contributed by atoms with Gasteiger partial charge in [0.05, 0.1) is 23.6 Å². The van der Waals surface area contributed by atoms with Crippen molar-refractivity contribution in [3.8, 4) is 0 Å². The van der Waals surface area contributed by atoms with Crippen LogP contribution in [0.15, 0.2) is 35.2 Å². The van der Waals surface area contributed by atoms with Gasteiger partial charge in [0.1, 0.15) is 6.10 Å². The topological polar surface area (TPSA) is 108 Å². The second-order valence-electron chi connectivity index (χ2n) is 8.38. The third-order valence-electron chi connectivity index (χ3n) is 6.06. The van der Waals surface area contributed by atoms with Crippen molar-refractivity contribution in [1.29, 1.82) is 0 Å². The number of aliphatic hydroxyl groups excluding tert-OH is 1. The molecule has 1 aromatic rings. The summed E-state index contributed by atoms with van der Waals surface area (Å²) in [5.74, 6) is -0.00769. The van der Waals surface area contributed by atoms with Crippen LogP contribution in [0.4, 0.5) is 0 Å². The number of hydrogen-bond acceptors (Lipinski definition) is 6. The highest BCUT2D eigenvalue weighted by molar-refractivity contribution is 7.89. The van der Waals surface area contributed by atoms with Gasteiger partial charge in [0.2, 0.25) is 15.9 Å². The molecule has 9 heteroatoms. The van der Waals surface area contributed by atoms with Gasteiger partial charge in [-0.3, -0.25) is 4.79 Å². The Hall–Kier alpha value is -1.52. The summed E-state index contributed by atoms with van der Waals surface area (Å²) >= 11 is 0. The number of likely N-dealkylation sites (tertiary alicyclic amines) is 1. The molecule has 0 aromatic heterocycles. The average molecular weight is 454 g/mol. The van der Waals surface area contributed by atoms with E-state index in [1.54, 1.807) is 30.3 Å². The minimum absolute atomic E-state index is 0.00769. The quantitative estimate of drug-likeness (QED) is 0.492. The summed E-state index contributed by atoms with van der Waals surface area (Å²) in [6.45, 7) is 2.98. The van der Waals surface area contributed by atoms with Gasteiger partial charge in [-0.25, -0.2) is 13.1 Å². The molecule has 0 aliphatic carbocycles. The Labute approximate surface area is 185 Å². The van der Waals surface area contributed by atoms with Crippen molar-refractivity contribution in [2.75, 3.05) is 32.8 Å². The molecule has 31 heavy (non-hydrogen) atoms. The molecule has 2 aliphatic heterocycles. The Balaban J connectivity index is 1.39. The molecule has 0 saturated carbocycles. The fourth-order valence-corrected chi connectivity index (χ4v) is 5.34. The van der Waals surface area contributed by atoms with Crippen molar-refractivity contribution >= 4 is 15.9 Å². The van der Waals surface area contributed by atoms with Crippen molar-refractivity contribution in [3.05, 3.63) is 30.3 Å². The maximum atomic E-state index is 12.4. The number of ether oxygens (including phenoxy) is 1. The number of nitrogens with one attached hydrogen (secondary N) is 2. The SMILES string of the molecule is O=C(CCN1CCCCC1)N[C@@H]1CC[C@@H](CCNS(=O)(=O)c2ccccc2)O[C@@H]1CO. The van der Waals surface area contributed by atoms with Gasteiger partial charge in [-0.1, -0.05) is 24.6 Å². The lowest BCUT2D eigenvalue weighted by Gasteiger charge is -2.36. The predicted octanol–water partition coefficient (Wildman–Crippen LogP) is 1.26. The molecule has 8 nitrogen and oxygen atoms in total. The molecule has 1 amide bonds. The molecule has 0 bridgehead atoms. The molecular weight excluding hydrogens is 418 g/mol. The number of carbonyl (C=O) groups is 1. The second-order valence-corrected chi connectivity index (χ2v) is 10.1. The Morgan fingerprint density at radius 1 is 1.13 bits per heavy atom. The molecule has 1 aromatic carbocycles. The van der Waals surface area contributed by atoms with Gasteiger partial charge in [0, 0.05) is 19.5 Å². The van der Waals surface area contributed by atoms with Gasteiger partial charge < -0.3 is 20.1 Å². The van der Waals surface area contributed by atoms with Gasteiger partial charge in [-0.15, -0.1) is 0 Å². The van der Waals surface area contributed by atoms with Crippen LogP contribution in [-0.2, 0) is 19.6 Å². The highest BCUT2D eigenvalue weighted by atomic mass is 32.2. The van der Waals surface area contributed by atoms with Gasteiger partial charge in [0.25, 0.3) is 0 Å². The van der Waals surface area contributed by atoms with Crippen LogP contribution in [0.2, 0.25) is 0 Å². The standard InChI is InChI=1S/C22H35N3O5S/c26-17-21-20(24-22(27)12-16-25-14-5-2-6-15-25)10-9-18(30-21)11-13-23-31(28,29)19-7-3-1-4-8-19/h1,3-4,7-8,18,20-21,23,26H,2,5-6,9-17H2,(H,24,27)/t18-,20+,21+/m0/s1. The smallest absolute Gasteiger partial charge is 0.240 e. The number of carbonyl (C=O) groups excluding carboxylic acids is 1. The average Bonchev–Trinajstić information content (AvgIpc) is 2.80. The number of hydrogen-bond donors (Lipinski definition) is 3. The summed E-state index contributed by atoms with van der Waals surface area (Å²) in [6, 6.07) is 8.04. The van der Waals surface area contributed by atoms with E-state index in [4.69, 9.17) is 4.74 Å². The number of sulfonamides is 1. The summed E-state index contributed by atoms with van der Waals surface area (Å²) < 4.78 is 33.2. The zero-order valence-corrected chi connectivity index (χ0v) is 18.9. The molecule has 174 valence electrons. The van der Waals surface area contributed by atoms with E-state index in [-0.39, 0.29) is 36.1 Å². The largest absolute Gasteiger partial charge is 0.394 e.